The molecule has 0 aliphatic carbocycles. The first kappa shape index (κ1) is 15.5. The fourth-order valence-corrected chi connectivity index (χ4v) is 4.96. The Labute approximate surface area is 149 Å². The summed E-state index contributed by atoms with van der Waals surface area (Å²) in [6, 6.07) is 20.9. The predicted molar refractivity (Wildman–Crippen MR) is 106 cm³/mol. The van der Waals surface area contributed by atoms with Gasteiger partial charge in [-0.2, -0.15) is 0 Å². The Bertz CT molecular complexity index is 893. The van der Waals surface area contributed by atoms with Gasteiger partial charge < -0.3 is 0 Å². The van der Waals surface area contributed by atoms with Crippen molar-refractivity contribution in [3.05, 3.63) is 84.2 Å². The molecule has 4 rings (SSSR count). The molecule has 0 saturated heterocycles. The molecule has 0 amide bonds. The van der Waals surface area contributed by atoms with Gasteiger partial charge >= 0.3 is 0 Å². The molecule has 0 aliphatic heterocycles. The van der Waals surface area contributed by atoms with E-state index in [4.69, 9.17) is 0 Å². The van der Waals surface area contributed by atoms with E-state index >= 15 is 0 Å². The number of pyridine rings is 2. The van der Waals surface area contributed by atoms with Gasteiger partial charge in [0, 0.05) is 34.7 Å². The topological polar surface area (TPSA) is 25.8 Å². The third-order valence-electron chi connectivity index (χ3n) is 3.99. The van der Waals surface area contributed by atoms with E-state index in [1.54, 1.807) is 0 Å². The zero-order valence-corrected chi connectivity index (χ0v) is 14.7. The molecule has 118 valence electrons. The minimum Gasteiger partial charge on any atom is -0.256 e. The summed E-state index contributed by atoms with van der Waals surface area (Å²) in [7, 11) is 3.79. The molecule has 2 aromatic heterocycles. The molecule has 2 nitrogen and oxygen atoms in total. The molecule has 0 spiro atoms. The first-order chi connectivity index (χ1) is 11.9. The lowest BCUT2D eigenvalue weighted by atomic mass is 10.1. The summed E-state index contributed by atoms with van der Waals surface area (Å²) < 4.78 is 0. The maximum absolute atomic E-state index is 4.43. The lowest BCUT2D eigenvalue weighted by Crippen LogP contribution is -1.87. The van der Waals surface area contributed by atoms with Crippen LogP contribution in [0, 0.1) is 0 Å². The van der Waals surface area contributed by atoms with Crippen LogP contribution < -0.4 is 0 Å². The van der Waals surface area contributed by atoms with Crippen LogP contribution >= 0.6 is 21.6 Å². The summed E-state index contributed by atoms with van der Waals surface area (Å²) in [6.45, 7) is 0. The second kappa shape index (κ2) is 7.24. The molecule has 2 heterocycles. The van der Waals surface area contributed by atoms with Crippen molar-refractivity contribution in [3.8, 4) is 0 Å². The molecule has 4 heteroatoms. The summed E-state index contributed by atoms with van der Waals surface area (Å²) in [6.07, 6.45) is 3.80. The molecule has 0 radical (unpaired) electrons. The highest BCUT2D eigenvalue weighted by molar-refractivity contribution is 8.76. The normalized spacial score (nSPS) is 11.2. The van der Waals surface area contributed by atoms with Crippen LogP contribution in [0.1, 0.15) is 11.1 Å². The molecule has 0 atom stereocenters. The van der Waals surface area contributed by atoms with Gasteiger partial charge in [-0.1, -0.05) is 58.0 Å². The number of fused-ring (bicyclic) bond motifs is 2. The molecule has 0 unspecified atom stereocenters. The van der Waals surface area contributed by atoms with Crippen molar-refractivity contribution >= 4 is 43.4 Å². The maximum Gasteiger partial charge on any atom is 0.0705 e. The van der Waals surface area contributed by atoms with Gasteiger partial charge in [0.2, 0.25) is 0 Å². The van der Waals surface area contributed by atoms with Crippen molar-refractivity contribution in [1.82, 2.24) is 9.97 Å². The number of hydrogen-bond donors (Lipinski definition) is 0. The Kier molecular flexibility index (Phi) is 4.67. The number of rotatable bonds is 5. The second-order valence-electron chi connectivity index (χ2n) is 5.50. The van der Waals surface area contributed by atoms with Crippen LogP contribution in [-0.2, 0) is 11.5 Å². The van der Waals surface area contributed by atoms with Gasteiger partial charge in [0.05, 0.1) is 11.0 Å². The Hall–Kier alpha value is -2.04. The van der Waals surface area contributed by atoms with Crippen LogP contribution in [0.5, 0.6) is 0 Å². The molecule has 0 bridgehead atoms. The van der Waals surface area contributed by atoms with E-state index in [0.717, 1.165) is 22.5 Å². The van der Waals surface area contributed by atoms with Gasteiger partial charge in [-0.25, -0.2) is 0 Å². The first-order valence-electron chi connectivity index (χ1n) is 7.81. The minimum atomic E-state index is 0.983. The Morgan fingerprint density at radius 3 is 1.54 bits per heavy atom. The Morgan fingerprint density at radius 2 is 1.04 bits per heavy atom. The highest BCUT2D eigenvalue weighted by atomic mass is 33.1. The summed E-state index contributed by atoms with van der Waals surface area (Å²) in [5.41, 5.74) is 4.83. The van der Waals surface area contributed by atoms with Gasteiger partial charge in [-0.3, -0.25) is 9.97 Å². The Balaban J connectivity index is 1.44. The fourth-order valence-electron chi connectivity index (χ4n) is 2.77. The average Bonchev–Trinajstić information content (AvgIpc) is 2.65. The molecule has 0 fully saturated rings. The minimum absolute atomic E-state index is 0.983. The van der Waals surface area contributed by atoms with E-state index in [9.17, 15) is 0 Å². The zero-order chi connectivity index (χ0) is 16.2. The van der Waals surface area contributed by atoms with Crippen molar-refractivity contribution in [2.75, 3.05) is 0 Å². The van der Waals surface area contributed by atoms with E-state index < -0.39 is 0 Å². The van der Waals surface area contributed by atoms with E-state index in [0.29, 0.717) is 0 Å². The highest BCUT2D eigenvalue weighted by Gasteiger charge is 2.04. The maximum atomic E-state index is 4.43. The standard InChI is InChI=1S/C20H16N2S2/c1-3-7-19-17(5-1)15(9-11-21-19)13-23-24-14-16-10-12-22-20-8-4-2-6-18(16)20/h1-12H,13-14H2. The van der Waals surface area contributed by atoms with Gasteiger partial charge in [-0.05, 0) is 35.4 Å². The number of nitrogens with zero attached hydrogens (tertiary/aromatic N) is 2. The smallest absolute Gasteiger partial charge is 0.0705 e. The van der Waals surface area contributed by atoms with Crippen molar-refractivity contribution in [2.24, 2.45) is 0 Å². The fraction of sp³-hybridized carbons (Fsp3) is 0.100. The van der Waals surface area contributed by atoms with Gasteiger partial charge in [0.1, 0.15) is 0 Å². The first-order valence-corrected chi connectivity index (χ1v) is 10.3. The van der Waals surface area contributed by atoms with Crippen molar-refractivity contribution in [3.63, 3.8) is 0 Å². The van der Waals surface area contributed by atoms with Gasteiger partial charge in [-0.15, -0.1) is 0 Å². The lowest BCUT2D eigenvalue weighted by Gasteiger charge is -2.07. The van der Waals surface area contributed by atoms with E-state index in [2.05, 4.69) is 58.5 Å². The van der Waals surface area contributed by atoms with Crippen molar-refractivity contribution in [1.29, 1.82) is 0 Å². The number of aromatic nitrogens is 2. The molecule has 24 heavy (non-hydrogen) atoms. The molecular weight excluding hydrogens is 332 g/mol. The average molecular weight is 348 g/mol. The molecule has 0 N–H and O–H groups in total. The number of benzene rings is 2. The lowest BCUT2D eigenvalue weighted by molar-refractivity contribution is 1.35. The third kappa shape index (κ3) is 3.25. The quantitative estimate of drug-likeness (QED) is 0.333. The van der Waals surface area contributed by atoms with Crippen LogP contribution in [0.2, 0.25) is 0 Å². The molecule has 0 aliphatic rings. The predicted octanol–water partition coefficient (Wildman–Crippen LogP) is 5.86. The van der Waals surface area contributed by atoms with Crippen LogP contribution in [-0.4, -0.2) is 9.97 Å². The summed E-state index contributed by atoms with van der Waals surface area (Å²) >= 11 is 0. The number of hydrogen-bond acceptors (Lipinski definition) is 4. The largest absolute Gasteiger partial charge is 0.256 e. The van der Waals surface area contributed by atoms with E-state index in [1.165, 1.54) is 21.9 Å². The SMILES string of the molecule is c1ccc2c(CSSCc3ccnc4ccccc34)ccnc2c1. The molecule has 0 saturated carbocycles. The Morgan fingerprint density at radius 1 is 0.583 bits per heavy atom. The zero-order valence-electron chi connectivity index (χ0n) is 13.1. The summed E-state index contributed by atoms with van der Waals surface area (Å²) in [5.74, 6) is 1.97. The van der Waals surface area contributed by atoms with E-state index in [-0.39, 0.29) is 0 Å². The monoisotopic (exact) mass is 348 g/mol. The summed E-state index contributed by atoms with van der Waals surface area (Å²) in [4.78, 5) is 8.86. The highest BCUT2D eigenvalue weighted by Crippen LogP contribution is 2.33. The molecule has 2 aromatic carbocycles. The number of para-hydroxylation sites is 2. The van der Waals surface area contributed by atoms with Crippen molar-refractivity contribution in [2.45, 2.75) is 11.5 Å². The van der Waals surface area contributed by atoms with Crippen molar-refractivity contribution < 1.29 is 0 Å². The second-order valence-corrected chi connectivity index (χ2v) is 7.96. The third-order valence-corrected chi connectivity index (χ3v) is 6.22. The van der Waals surface area contributed by atoms with Crippen LogP contribution in [0.15, 0.2) is 73.1 Å². The summed E-state index contributed by atoms with van der Waals surface area (Å²) in [5, 5.41) is 2.50. The molecular formula is C20H16N2S2. The van der Waals surface area contributed by atoms with E-state index in [1.807, 2.05) is 46.1 Å². The van der Waals surface area contributed by atoms with Crippen LogP contribution in [0.4, 0.5) is 0 Å². The van der Waals surface area contributed by atoms with Gasteiger partial charge in [0.15, 0.2) is 0 Å². The van der Waals surface area contributed by atoms with Crippen LogP contribution in [0.25, 0.3) is 21.8 Å². The van der Waals surface area contributed by atoms with Gasteiger partial charge in [0.25, 0.3) is 0 Å². The molecule has 4 aromatic rings. The van der Waals surface area contributed by atoms with Crippen LogP contribution in [0.3, 0.4) is 0 Å².